The molecule has 0 saturated carbocycles. The van der Waals surface area contributed by atoms with Gasteiger partial charge in [-0.2, -0.15) is 17.0 Å². The van der Waals surface area contributed by atoms with Gasteiger partial charge in [0.25, 0.3) is 10.2 Å². The molecule has 2 saturated heterocycles. The van der Waals surface area contributed by atoms with E-state index in [9.17, 15) is 13.2 Å². The Labute approximate surface area is 156 Å². The molecule has 1 aromatic carbocycles. The minimum absolute atomic E-state index is 0.0517. The van der Waals surface area contributed by atoms with Crippen LogP contribution in [0.15, 0.2) is 24.3 Å². The van der Waals surface area contributed by atoms with Crippen LogP contribution in [-0.4, -0.2) is 49.1 Å². The SMILES string of the molecule is Cc1ccc(CNC(=O)[C@@H]2CCCN(S(=O)(=O)N3CCCCC3)C2)cc1. The Hall–Kier alpha value is -1.44. The highest BCUT2D eigenvalue weighted by Crippen LogP contribution is 2.23. The number of aryl methyl sites for hydroxylation is 1. The lowest BCUT2D eigenvalue weighted by molar-refractivity contribution is -0.126. The summed E-state index contributed by atoms with van der Waals surface area (Å²) >= 11 is 0. The van der Waals surface area contributed by atoms with Crippen molar-refractivity contribution in [3.8, 4) is 0 Å². The van der Waals surface area contributed by atoms with Gasteiger partial charge in [-0.05, 0) is 38.2 Å². The van der Waals surface area contributed by atoms with Crippen LogP contribution in [0.5, 0.6) is 0 Å². The first-order valence-corrected chi connectivity index (χ1v) is 10.9. The third kappa shape index (κ3) is 4.64. The third-order valence-electron chi connectivity index (χ3n) is 5.31. The fourth-order valence-corrected chi connectivity index (χ4v) is 5.44. The van der Waals surface area contributed by atoms with Crippen LogP contribution in [0, 0.1) is 12.8 Å². The zero-order chi connectivity index (χ0) is 18.6. The van der Waals surface area contributed by atoms with Crippen molar-refractivity contribution in [2.24, 2.45) is 5.92 Å². The summed E-state index contributed by atoms with van der Waals surface area (Å²) < 4.78 is 28.8. The zero-order valence-corrected chi connectivity index (χ0v) is 16.3. The lowest BCUT2D eigenvalue weighted by Crippen LogP contribution is -2.51. The number of nitrogens with zero attached hydrogens (tertiary/aromatic N) is 2. The quantitative estimate of drug-likeness (QED) is 0.851. The maximum Gasteiger partial charge on any atom is 0.281 e. The lowest BCUT2D eigenvalue weighted by atomic mass is 9.98. The summed E-state index contributed by atoms with van der Waals surface area (Å²) in [5.41, 5.74) is 2.24. The second kappa shape index (κ2) is 8.50. The van der Waals surface area contributed by atoms with Crippen molar-refractivity contribution < 1.29 is 13.2 Å². The van der Waals surface area contributed by atoms with E-state index < -0.39 is 10.2 Å². The Balaban J connectivity index is 1.56. The Morgan fingerprint density at radius 1 is 1.04 bits per heavy atom. The number of carbonyl (C=O) groups is 1. The molecule has 6 nitrogen and oxygen atoms in total. The van der Waals surface area contributed by atoms with Gasteiger partial charge in [0.1, 0.15) is 0 Å². The topological polar surface area (TPSA) is 69.7 Å². The molecule has 1 amide bonds. The Kier molecular flexibility index (Phi) is 6.32. The van der Waals surface area contributed by atoms with Gasteiger partial charge in [-0.3, -0.25) is 4.79 Å². The van der Waals surface area contributed by atoms with Crippen molar-refractivity contribution in [1.82, 2.24) is 13.9 Å². The van der Waals surface area contributed by atoms with E-state index in [4.69, 9.17) is 0 Å². The van der Waals surface area contributed by atoms with Crippen molar-refractivity contribution >= 4 is 16.1 Å². The van der Waals surface area contributed by atoms with E-state index in [1.165, 1.54) is 9.87 Å². The van der Waals surface area contributed by atoms with Crippen molar-refractivity contribution in [2.75, 3.05) is 26.2 Å². The van der Waals surface area contributed by atoms with Crippen molar-refractivity contribution in [3.05, 3.63) is 35.4 Å². The predicted octanol–water partition coefficient (Wildman–Crippen LogP) is 2.05. The fourth-order valence-electron chi connectivity index (χ4n) is 3.66. The van der Waals surface area contributed by atoms with Crippen LogP contribution < -0.4 is 5.32 Å². The number of piperidine rings is 2. The summed E-state index contributed by atoms with van der Waals surface area (Å²) in [7, 11) is -3.44. The number of rotatable bonds is 5. The minimum Gasteiger partial charge on any atom is -0.352 e. The highest BCUT2D eigenvalue weighted by Gasteiger charge is 2.36. The molecule has 1 N–H and O–H groups in total. The van der Waals surface area contributed by atoms with Crippen LogP contribution in [0.25, 0.3) is 0 Å². The molecule has 3 rings (SSSR count). The van der Waals surface area contributed by atoms with Crippen molar-refractivity contribution in [3.63, 3.8) is 0 Å². The van der Waals surface area contributed by atoms with Gasteiger partial charge in [-0.15, -0.1) is 0 Å². The first kappa shape index (κ1) is 19.3. The van der Waals surface area contributed by atoms with Crippen LogP contribution in [0.3, 0.4) is 0 Å². The maximum atomic E-state index is 12.8. The normalized spacial score (nSPS) is 22.9. The van der Waals surface area contributed by atoms with E-state index in [2.05, 4.69) is 5.32 Å². The van der Waals surface area contributed by atoms with Crippen LogP contribution in [0.2, 0.25) is 0 Å². The second-order valence-electron chi connectivity index (χ2n) is 7.37. The summed E-state index contributed by atoms with van der Waals surface area (Å²) in [5.74, 6) is -0.321. The monoisotopic (exact) mass is 379 g/mol. The largest absolute Gasteiger partial charge is 0.352 e. The molecule has 0 spiro atoms. The molecule has 2 fully saturated rings. The Bertz CT molecular complexity index is 712. The van der Waals surface area contributed by atoms with Crippen LogP contribution in [0.4, 0.5) is 0 Å². The highest BCUT2D eigenvalue weighted by atomic mass is 32.2. The number of hydrogen-bond donors (Lipinski definition) is 1. The van der Waals surface area contributed by atoms with Gasteiger partial charge in [-0.25, -0.2) is 0 Å². The number of nitrogens with one attached hydrogen (secondary N) is 1. The molecular weight excluding hydrogens is 350 g/mol. The van der Waals surface area contributed by atoms with Gasteiger partial charge < -0.3 is 5.32 Å². The van der Waals surface area contributed by atoms with Gasteiger partial charge in [0, 0.05) is 32.7 Å². The van der Waals surface area contributed by atoms with Gasteiger partial charge >= 0.3 is 0 Å². The Morgan fingerprint density at radius 2 is 1.69 bits per heavy atom. The molecule has 1 aromatic rings. The van der Waals surface area contributed by atoms with E-state index in [1.54, 1.807) is 4.31 Å². The molecule has 1 atom stereocenters. The summed E-state index contributed by atoms with van der Waals surface area (Å²) in [6.07, 6.45) is 4.42. The van der Waals surface area contributed by atoms with E-state index in [-0.39, 0.29) is 11.8 Å². The number of hydrogen-bond acceptors (Lipinski definition) is 3. The number of amides is 1. The summed E-state index contributed by atoms with van der Waals surface area (Å²) in [5, 5.41) is 2.97. The van der Waals surface area contributed by atoms with Crippen molar-refractivity contribution in [2.45, 2.75) is 45.6 Å². The molecular formula is C19H29N3O3S. The lowest BCUT2D eigenvalue weighted by Gasteiger charge is -2.36. The molecule has 2 heterocycles. The third-order valence-corrected chi connectivity index (χ3v) is 7.31. The number of carbonyl (C=O) groups excluding carboxylic acids is 1. The molecule has 2 aliphatic rings. The smallest absolute Gasteiger partial charge is 0.281 e. The number of benzene rings is 1. The highest BCUT2D eigenvalue weighted by molar-refractivity contribution is 7.86. The maximum absolute atomic E-state index is 12.8. The molecule has 144 valence electrons. The van der Waals surface area contributed by atoms with Gasteiger partial charge in [0.15, 0.2) is 0 Å². The molecule has 0 radical (unpaired) electrons. The molecule has 0 unspecified atom stereocenters. The molecule has 0 aliphatic carbocycles. The van der Waals surface area contributed by atoms with E-state index in [1.807, 2.05) is 31.2 Å². The van der Waals surface area contributed by atoms with Crippen LogP contribution >= 0.6 is 0 Å². The Morgan fingerprint density at radius 3 is 2.38 bits per heavy atom. The molecule has 7 heteroatoms. The standard InChI is InChI=1S/C19H29N3O3S/c1-16-7-9-17(10-8-16)14-20-19(23)18-6-5-13-22(15-18)26(24,25)21-11-3-2-4-12-21/h7-10,18H,2-6,11-15H2,1H3,(H,20,23)/t18-/m1/s1. The average Bonchev–Trinajstić information content (AvgIpc) is 2.68. The second-order valence-corrected chi connectivity index (χ2v) is 9.30. The molecule has 2 aliphatic heterocycles. The zero-order valence-electron chi connectivity index (χ0n) is 15.5. The van der Waals surface area contributed by atoms with Gasteiger partial charge in [0.2, 0.25) is 5.91 Å². The average molecular weight is 380 g/mol. The minimum atomic E-state index is -3.44. The van der Waals surface area contributed by atoms with Crippen LogP contribution in [0.1, 0.15) is 43.2 Å². The first-order chi connectivity index (χ1) is 12.5. The first-order valence-electron chi connectivity index (χ1n) is 9.55. The van der Waals surface area contributed by atoms with E-state index >= 15 is 0 Å². The molecule has 0 bridgehead atoms. The van der Waals surface area contributed by atoms with Gasteiger partial charge in [-0.1, -0.05) is 36.2 Å². The van der Waals surface area contributed by atoms with E-state index in [0.717, 1.165) is 37.7 Å². The molecule has 26 heavy (non-hydrogen) atoms. The fraction of sp³-hybridized carbons (Fsp3) is 0.632. The summed E-state index contributed by atoms with van der Waals surface area (Å²) in [6.45, 7) is 4.52. The van der Waals surface area contributed by atoms with E-state index in [0.29, 0.717) is 32.7 Å². The summed E-state index contributed by atoms with van der Waals surface area (Å²) in [6, 6.07) is 8.05. The van der Waals surface area contributed by atoms with Gasteiger partial charge in [0.05, 0.1) is 5.92 Å². The molecule has 0 aromatic heterocycles. The summed E-state index contributed by atoms with van der Waals surface area (Å²) in [4.78, 5) is 12.5. The predicted molar refractivity (Wildman–Crippen MR) is 102 cm³/mol. The van der Waals surface area contributed by atoms with Crippen LogP contribution in [-0.2, 0) is 21.5 Å². The van der Waals surface area contributed by atoms with Crippen molar-refractivity contribution in [1.29, 1.82) is 0 Å².